The van der Waals surface area contributed by atoms with Gasteiger partial charge < -0.3 is 14.2 Å². The van der Waals surface area contributed by atoms with Gasteiger partial charge in [-0.3, -0.25) is 0 Å². The largest absolute Gasteiger partial charge is 0.574 e. The molecule has 0 aliphatic carbocycles. The normalized spacial score (nSPS) is 11.4. The maximum absolute atomic E-state index is 12.8. The average Bonchev–Trinajstić information content (AvgIpc) is 2.34. The van der Waals surface area contributed by atoms with Crippen molar-refractivity contribution in [2.75, 3.05) is 14.2 Å². The highest BCUT2D eigenvalue weighted by Crippen LogP contribution is 2.38. The number of carbonyl (C=O) groups excluding carboxylic acids is 1. The minimum Gasteiger partial charge on any atom is -0.496 e. The van der Waals surface area contributed by atoms with Crippen LogP contribution in [0.15, 0.2) is 6.07 Å². The highest BCUT2D eigenvalue weighted by molar-refractivity contribution is 5.88. The van der Waals surface area contributed by atoms with Gasteiger partial charge in [0, 0.05) is 6.07 Å². The van der Waals surface area contributed by atoms with E-state index in [1.54, 1.807) is 0 Å². The second-order valence-electron chi connectivity index (χ2n) is 3.27. The van der Waals surface area contributed by atoms with Crippen molar-refractivity contribution in [3.63, 3.8) is 0 Å². The molecule has 1 rings (SSSR count). The fourth-order valence-corrected chi connectivity index (χ4v) is 1.28. The van der Waals surface area contributed by atoms with Crippen LogP contribution in [0.25, 0.3) is 0 Å². The van der Waals surface area contributed by atoms with Crippen LogP contribution in [0.5, 0.6) is 11.6 Å². The van der Waals surface area contributed by atoms with E-state index in [1.165, 1.54) is 0 Å². The molecule has 0 aliphatic rings. The SMILES string of the molecule is COC(=O)c1cc(OC)c(C(F)F)c(OC(F)(F)F)n1. The molecule has 1 aromatic heterocycles. The van der Waals surface area contributed by atoms with Crippen LogP contribution < -0.4 is 9.47 Å². The van der Waals surface area contributed by atoms with Crippen molar-refractivity contribution in [3.05, 3.63) is 17.3 Å². The third-order valence-corrected chi connectivity index (χ3v) is 2.03. The van der Waals surface area contributed by atoms with Crippen molar-refractivity contribution in [3.8, 4) is 11.6 Å². The van der Waals surface area contributed by atoms with Crippen molar-refractivity contribution in [2.24, 2.45) is 0 Å². The second kappa shape index (κ2) is 5.88. The number of aromatic nitrogens is 1. The Morgan fingerprint density at radius 2 is 1.90 bits per heavy atom. The topological polar surface area (TPSA) is 57.7 Å². The van der Waals surface area contributed by atoms with E-state index in [9.17, 15) is 26.7 Å². The Kier molecular flexibility index (Phi) is 4.69. The highest BCUT2D eigenvalue weighted by Gasteiger charge is 2.36. The molecule has 1 heterocycles. The lowest BCUT2D eigenvalue weighted by atomic mass is 10.2. The van der Waals surface area contributed by atoms with Gasteiger partial charge in [-0.25, -0.2) is 18.6 Å². The Morgan fingerprint density at radius 1 is 1.30 bits per heavy atom. The molecular weight excluding hydrogens is 293 g/mol. The van der Waals surface area contributed by atoms with Gasteiger partial charge in [-0.05, 0) is 0 Å². The summed E-state index contributed by atoms with van der Waals surface area (Å²) in [5.41, 5.74) is -1.87. The lowest BCUT2D eigenvalue weighted by molar-refractivity contribution is -0.276. The number of pyridine rings is 1. The standard InChI is InChI=1S/C10H8F5NO4/c1-18-5-3-4(9(17)19-2)16-8(6(5)7(11)12)20-10(13,14)15/h3,7H,1-2H3. The van der Waals surface area contributed by atoms with Gasteiger partial charge in [0.15, 0.2) is 5.69 Å². The predicted octanol–water partition coefficient (Wildman–Crippen LogP) is 2.71. The highest BCUT2D eigenvalue weighted by atomic mass is 19.4. The molecule has 0 aromatic carbocycles. The Bertz CT molecular complexity index is 503. The van der Waals surface area contributed by atoms with Gasteiger partial charge in [0.05, 0.1) is 14.2 Å². The number of halogens is 5. The molecule has 0 N–H and O–H groups in total. The van der Waals surface area contributed by atoms with E-state index in [0.29, 0.717) is 0 Å². The molecule has 0 radical (unpaired) electrons. The minimum atomic E-state index is -5.25. The van der Waals surface area contributed by atoms with Crippen LogP contribution >= 0.6 is 0 Å². The first kappa shape index (κ1) is 15.9. The molecule has 0 saturated carbocycles. The molecule has 0 bridgehead atoms. The van der Waals surface area contributed by atoms with Crippen LogP contribution in [-0.2, 0) is 4.74 Å². The van der Waals surface area contributed by atoms with Crippen LogP contribution in [0.3, 0.4) is 0 Å². The molecule has 0 saturated heterocycles. The van der Waals surface area contributed by atoms with Crippen molar-refractivity contribution < 1.29 is 41.0 Å². The molecule has 5 nitrogen and oxygen atoms in total. The van der Waals surface area contributed by atoms with Gasteiger partial charge in [0.25, 0.3) is 6.43 Å². The molecule has 0 amide bonds. The van der Waals surface area contributed by atoms with Crippen LogP contribution in [0.2, 0.25) is 0 Å². The summed E-state index contributed by atoms with van der Waals surface area (Å²) in [5, 5.41) is 0. The fourth-order valence-electron chi connectivity index (χ4n) is 1.28. The molecule has 0 fully saturated rings. The number of alkyl halides is 5. The second-order valence-corrected chi connectivity index (χ2v) is 3.27. The van der Waals surface area contributed by atoms with Gasteiger partial charge in [-0.2, -0.15) is 0 Å². The summed E-state index contributed by atoms with van der Waals surface area (Å²) < 4.78 is 74.2. The van der Waals surface area contributed by atoms with E-state index in [-0.39, 0.29) is 0 Å². The minimum absolute atomic E-state index is 0.659. The number of rotatable bonds is 4. The van der Waals surface area contributed by atoms with Crippen molar-refractivity contribution in [1.29, 1.82) is 0 Å². The van der Waals surface area contributed by atoms with Gasteiger partial charge in [0.2, 0.25) is 5.88 Å². The van der Waals surface area contributed by atoms with Crippen LogP contribution in [0.1, 0.15) is 22.5 Å². The zero-order valence-electron chi connectivity index (χ0n) is 10.1. The Labute approximate surface area is 109 Å². The van der Waals surface area contributed by atoms with E-state index in [2.05, 4.69) is 19.2 Å². The third-order valence-electron chi connectivity index (χ3n) is 2.03. The number of nitrogens with zero attached hydrogens (tertiary/aromatic N) is 1. The lowest BCUT2D eigenvalue weighted by Gasteiger charge is -2.15. The summed E-state index contributed by atoms with van der Waals surface area (Å²) >= 11 is 0. The van der Waals surface area contributed by atoms with Crippen molar-refractivity contribution >= 4 is 5.97 Å². The fraction of sp³-hybridized carbons (Fsp3) is 0.400. The summed E-state index contributed by atoms with van der Waals surface area (Å²) in [4.78, 5) is 14.3. The molecule has 20 heavy (non-hydrogen) atoms. The first-order chi connectivity index (χ1) is 9.19. The molecule has 0 aliphatic heterocycles. The van der Waals surface area contributed by atoms with Gasteiger partial charge in [0.1, 0.15) is 11.3 Å². The van der Waals surface area contributed by atoms with E-state index in [4.69, 9.17) is 0 Å². The summed E-state index contributed by atoms with van der Waals surface area (Å²) in [7, 11) is 1.89. The maximum Gasteiger partial charge on any atom is 0.574 e. The molecule has 0 atom stereocenters. The summed E-state index contributed by atoms with van der Waals surface area (Å²) in [5.74, 6) is -3.27. The summed E-state index contributed by atoms with van der Waals surface area (Å²) in [6, 6.07) is 0.733. The first-order valence-electron chi connectivity index (χ1n) is 4.90. The maximum atomic E-state index is 12.8. The Morgan fingerprint density at radius 3 is 2.30 bits per heavy atom. The molecule has 0 unspecified atom stereocenters. The zero-order valence-corrected chi connectivity index (χ0v) is 10.1. The van der Waals surface area contributed by atoms with Gasteiger partial charge >= 0.3 is 12.3 Å². The van der Waals surface area contributed by atoms with E-state index >= 15 is 0 Å². The van der Waals surface area contributed by atoms with Crippen LogP contribution in [0.4, 0.5) is 22.0 Å². The van der Waals surface area contributed by atoms with Crippen LogP contribution in [0, 0.1) is 0 Å². The number of hydrogen-bond acceptors (Lipinski definition) is 5. The summed E-state index contributed by atoms with van der Waals surface area (Å²) in [6.45, 7) is 0. The summed E-state index contributed by atoms with van der Waals surface area (Å²) in [6.07, 6.45) is -8.60. The number of esters is 1. The van der Waals surface area contributed by atoms with Gasteiger partial charge in [-0.15, -0.1) is 13.2 Å². The molecular formula is C10H8F5NO4. The smallest absolute Gasteiger partial charge is 0.496 e. The Balaban J connectivity index is 3.45. The van der Waals surface area contributed by atoms with Crippen molar-refractivity contribution in [2.45, 2.75) is 12.8 Å². The predicted molar refractivity (Wildman–Crippen MR) is 53.8 cm³/mol. The number of ether oxygens (including phenoxy) is 3. The van der Waals surface area contributed by atoms with Crippen LogP contribution in [-0.4, -0.2) is 31.5 Å². The van der Waals surface area contributed by atoms with E-state index < -0.39 is 41.6 Å². The molecule has 0 spiro atoms. The van der Waals surface area contributed by atoms with E-state index in [1.807, 2.05) is 0 Å². The molecule has 10 heteroatoms. The first-order valence-corrected chi connectivity index (χ1v) is 4.90. The number of carbonyl (C=O) groups is 1. The third kappa shape index (κ3) is 3.68. The number of methoxy groups -OCH3 is 2. The monoisotopic (exact) mass is 301 g/mol. The quantitative estimate of drug-likeness (QED) is 0.632. The average molecular weight is 301 g/mol. The van der Waals surface area contributed by atoms with E-state index in [0.717, 1.165) is 20.3 Å². The molecule has 1 aromatic rings. The Hall–Kier alpha value is -2.13. The lowest BCUT2D eigenvalue weighted by Crippen LogP contribution is -2.20. The number of hydrogen-bond donors (Lipinski definition) is 0. The zero-order chi connectivity index (χ0) is 15.5. The molecule has 112 valence electrons. The van der Waals surface area contributed by atoms with Gasteiger partial charge in [-0.1, -0.05) is 0 Å². The van der Waals surface area contributed by atoms with Crippen molar-refractivity contribution in [1.82, 2.24) is 4.98 Å².